The Bertz CT molecular complexity index is 1020. The lowest BCUT2D eigenvalue weighted by molar-refractivity contribution is 0.412. The molecular weight excluding hydrogens is 353 g/mol. The van der Waals surface area contributed by atoms with Crippen molar-refractivity contribution in [3.8, 4) is 5.75 Å². The summed E-state index contributed by atoms with van der Waals surface area (Å²) in [6.07, 6.45) is 2.46. The van der Waals surface area contributed by atoms with E-state index in [0.29, 0.717) is 23.3 Å². The molecule has 27 heavy (non-hydrogen) atoms. The van der Waals surface area contributed by atoms with Crippen molar-refractivity contribution in [2.75, 3.05) is 30.9 Å². The van der Waals surface area contributed by atoms with E-state index >= 15 is 4.39 Å². The first-order valence-electron chi connectivity index (χ1n) is 9.18. The van der Waals surface area contributed by atoms with Crippen LogP contribution in [0, 0.1) is 11.7 Å². The van der Waals surface area contributed by atoms with Gasteiger partial charge in [-0.25, -0.2) is 9.18 Å². The van der Waals surface area contributed by atoms with Crippen molar-refractivity contribution < 1.29 is 9.13 Å². The lowest BCUT2D eigenvalue weighted by atomic mass is 10.0. The Hall–Kier alpha value is -2.55. The third-order valence-electron chi connectivity index (χ3n) is 5.69. The summed E-state index contributed by atoms with van der Waals surface area (Å²) in [5.41, 5.74) is 5.26. The molecule has 1 saturated heterocycles. The van der Waals surface area contributed by atoms with E-state index in [1.807, 2.05) is 11.8 Å². The summed E-state index contributed by atoms with van der Waals surface area (Å²) in [5, 5.41) is 0.0463. The van der Waals surface area contributed by atoms with Gasteiger partial charge in [-0.15, -0.1) is 0 Å². The first-order chi connectivity index (χ1) is 12.8. The van der Waals surface area contributed by atoms with Gasteiger partial charge in [-0.05, 0) is 38.2 Å². The number of benzene rings is 1. The Labute approximate surface area is 155 Å². The van der Waals surface area contributed by atoms with Gasteiger partial charge in [0.15, 0.2) is 11.6 Å². The highest BCUT2D eigenvalue weighted by atomic mass is 19.1. The van der Waals surface area contributed by atoms with Crippen LogP contribution >= 0.6 is 0 Å². The molecule has 146 valence electrons. The standard InChI is InChI=1S/C18H24FN5O3/c1-9(20)10-5-6-22(8-10)15-13(19)7-12-14(16(15)27-2)23(11-3-4-11)18(26)24(21)17(12)25/h7,9-11H,3-6,8,20-21H2,1-2H3/t9-,10-/m0/s1. The zero-order valence-electron chi connectivity index (χ0n) is 15.4. The van der Waals surface area contributed by atoms with Gasteiger partial charge >= 0.3 is 5.69 Å². The highest BCUT2D eigenvalue weighted by Gasteiger charge is 2.34. The highest BCUT2D eigenvalue weighted by molar-refractivity contribution is 5.91. The SMILES string of the molecule is COc1c(N2CC[C@H]([C@H](C)N)C2)c(F)cc2c(=O)n(N)c(=O)n(C3CC3)c12. The molecule has 2 atom stereocenters. The number of methoxy groups -OCH3 is 1. The van der Waals surface area contributed by atoms with Crippen molar-refractivity contribution in [1.82, 2.24) is 9.24 Å². The van der Waals surface area contributed by atoms with Crippen LogP contribution < -0.4 is 32.5 Å². The number of nitrogens with two attached hydrogens (primary N) is 2. The summed E-state index contributed by atoms with van der Waals surface area (Å²) >= 11 is 0. The number of aromatic nitrogens is 2. The summed E-state index contributed by atoms with van der Waals surface area (Å²) in [6, 6.07) is 1.10. The second kappa shape index (κ2) is 6.26. The number of hydrogen-bond donors (Lipinski definition) is 2. The second-order valence-corrected chi connectivity index (χ2v) is 7.55. The fourth-order valence-corrected chi connectivity index (χ4v) is 4.02. The van der Waals surface area contributed by atoms with Crippen molar-refractivity contribution in [1.29, 1.82) is 0 Å². The second-order valence-electron chi connectivity index (χ2n) is 7.55. The average Bonchev–Trinajstić information content (AvgIpc) is 3.35. The van der Waals surface area contributed by atoms with Crippen molar-refractivity contribution in [3.05, 3.63) is 32.7 Å². The van der Waals surface area contributed by atoms with Crippen molar-refractivity contribution in [2.24, 2.45) is 11.7 Å². The van der Waals surface area contributed by atoms with Gasteiger partial charge in [0.25, 0.3) is 5.56 Å². The van der Waals surface area contributed by atoms with Crippen LogP contribution in [0.5, 0.6) is 5.75 Å². The molecule has 4 rings (SSSR count). The van der Waals surface area contributed by atoms with Crippen LogP contribution in [-0.4, -0.2) is 35.5 Å². The minimum absolute atomic E-state index is 0.00130. The van der Waals surface area contributed by atoms with Gasteiger partial charge < -0.3 is 21.2 Å². The maximum absolute atomic E-state index is 15.1. The molecule has 1 aliphatic heterocycles. The molecule has 0 spiro atoms. The summed E-state index contributed by atoms with van der Waals surface area (Å²) in [5.74, 6) is 5.53. The number of ether oxygens (including phenoxy) is 1. The predicted octanol–water partition coefficient (Wildman–Crippen LogP) is 0.533. The lowest BCUT2D eigenvalue weighted by Gasteiger charge is -2.25. The number of hydrogen-bond acceptors (Lipinski definition) is 6. The van der Waals surface area contributed by atoms with E-state index in [0.717, 1.165) is 25.3 Å². The molecule has 8 nitrogen and oxygen atoms in total. The zero-order valence-corrected chi connectivity index (χ0v) is 15.4. The highest BCUT2D eigenvalue weighted by Crippen LogP contribution is 2.43. The minimum atomic E-state index is -0.731. The molecular formula is C18H24FN5O3. The van der Waals surface area contributed by atoms with Gasteiger partial charge in [0.2, 0.25) is 0 Å². The van der Waals surface area contributed by atoms with E-state index in [4.69, 9.17) is 16.3 Å². The largest absolute Gasteiger partial charge is 0.492 e. The van der Waals surface area contributed by atoms with E-state index in [9.17, 15) is 9.59 Å². The third-order valence-corrected chi connectivity index (χ3v) is 5.69. The monoisotopic (exact) mass is 377 g/mol. The van der Waals surface area contributed by atoms with E-state index < -0.39 is 17.1 Å². The van der Waals surface area contributed by atoms with Gasteiger partial charge in [-0.2, -0.15) is 4.68 Å². The maximum Gasteiger partial charge on any atom is 0.350 e. The summed E-state index contributed by atoms with van der Waals surface area (Å²) < 4.78 is 22.6. The third kappa shape index (κ3) is 2.68. The molecule has 2 fully saturated rings. The van der Waals surface area contributed by atoms with E-state index in [1.54, 1.807) is 0 Å². The van der Waals surface area contributed by atoms with E-state index in [2.05, 4.69) is 0 Å². The van der Waals surface area contributed by atoms with Crippen molar-refractivity contribution in [2.45, 2.75) is 38.3 Å². The summed E-state index contributed by atoms with van der Waals surface area (Å²) in [6.45, 7) is 3.17. The molecule has 2 heterocycles. The molecule has 2 aromatic rings. The Kier molecular flexibility index (Phi) is 4.14. The van der Waals surface area contributed by atoms with E-state index in [-0.39, 0.29) is 34.8 Å². The number of halogens is 1. The molecule has 0 bridgehead atoms. The van der Waals surface area contributed by atoms with Gasteiger partial charge in [0, 0.05) is 25.2 Å². The first kappa shape index (κ1) is 17.8. The van der Waals surface area contributed by atoms with Crippen LogP contribution in [0.2, 0.25) is 0 Å². The Morgan fingerprint density at radius 3 is 2.56 bits per heavy atom. The Morgan fingerprint density at radius 2 is 2.00 bits per heavy atom. The summed E-state index contributed by atoms with van der Waals surface area (Å²) in [7, 11) is 1.42. The van der Waals surface area contributed by atoms with Gasteiger partial charge in [0.05, 0.1) is 12.5 Å². The van der Waals surface area contributed by atoms with Crippen LogP contribution in [-0.2, 0) is 0 Å². The van der Waals surface area contributed by atoms with Crippen LogP contribution in [0.4, 0.5) is 10.1 Å². The fourth-order valence-electron chi connectivity index (χ4n) is 4.02. The lowest BCUT2D eigenvalue weighted by Crippen LogP contribution is -2.44. The molecule has 1 aromatic carbocycles. The molecule has 4 N–H and O–H groups in total. The van der Waals surface area contributed by atoms with Gasteiger partial charge in [-0.3, -0.25) is 9.36 Å². The van der Waals surface area contributed by atoms with E-state index in [1.165, 1.54) is 11.7 Å². The fraction of sp³-hybridized carbons (Fsp3) is 0.556. The summed E-state index contributed by atoms with van der Waals surface area (Å²) in [4.78, 5) is 27.0. The average molecular weight is 377 g/mol. The first-order valence-corrected chi connectivity index (χ1v) is 9.18. The number of anilines is 1. The smallest absolute Gasteiger partial charge is 0.350 e. The van der Waals surface area contributed by atoms with Gasteiger partial charge in [0.1, 0.15) is 11.2 Å². The minimum Gasteiger partial charge on any atom is -0.492 e. The van der Waals surface area contributed by atoms with Crippen molar-refractivity contribution in [3.63, 3.8) is 0 Å². The molecule has 1 saturated carbocycles. The van der Waals surface area contributed by atoms with Gasteiger partial charge in [-0.1, -0.05) is 0 Å². The van der Waals surface area contributed by atoms with Crippen molar-refractivity contribution >= 4 is 16.6 Å². The van der Waals surface area contributed by atoms with Crippen LogP contribution in [0.1, 0.15) is 32.2 Å². The normalized spacial score (nSPS) is 21.0. The molecule has 2 aliphatic rings. The van der Waals surface area contributed by atoms with Crippen LogP contribution in [0.3, 0.4) is 0 Å². The van der Waals surface area contributed by atoms with Crippen LogP contribution in [0.25, 0.3) is 10.9 Å². The molecule has 9 heteroatoms. The number of rotatable bonds is 4. The molecule has 0 amide bonds. The predicted molar refractivity (Wildman–Crippen MR) is 101 cm³/mol. The zero-order chi connectivity index (χ0) is 19.5. The molecule has 1 aromatic heterocycles. The number of fused-ring (bicyclic) bond motifs is 1. The molecule has 0 unspecified atom stereocenters. The topological polar surface area (TPSA) is 109 Å². The number of nitrogens with zero attached hydrogens (tertiary/aromatic N) is 3. The molecule has 1 aliphatic carbocycles. The maximum atomic E-state index is 15.1. The number of nitrogen functional groups attached to an aromatic ring is 1. The van der Waals surface area contributed by atoms with Crippen LogP contribution in [0.15, 0.2) is 15.7 Å². The quantitative estimate of drug-likeness (QED) is 0.753. The Balaban J connectivity index is 2.01. The molecule has 0 radical (unpaired) electrons. The Morgan fingerprint density at radius 1 is 1.30 bits per heavy atom.